The summed E-state index contributed by atoms with van der Waals surface area (Å²) in [6, 6.07) is 15.2. The molecule has 0 N–H and O–H groups in total. The highest BCUT2D eigenvalue weighted by atomic mass is 32.2. The summed E-state index contributed by atoms with van der Waals surface area (Å²) >= 11 is 1.64. The highest BCUT2D eigenvalue weighted by Gasteiger charge is 2.10. The van der Waals surface area contributed by atoms with Crippen molar-refractivity contribution in [2.45, 2.75) is 23.8 Å². The molecule has 2 aromatic rings. The van der Waals surface area contributed by atoms with Crippen molar-refractivity contribution in [3.05, 3.63) is 65.2 Å². The third-order valence-electron chi connectivity index (χ3n) is 3.87. The van der Waals surface area contributed by atoms with E-state index in [1.54, 1.807) is 31.0 Å². The first-order chi connectivity index (χ1) is 12.2. The van der Waals surface area contributed by atoms with Crippen LogP contribution in [0.4, 0.5) is 0 Å². The molecule has 1 atom stereocenters. The van der Waals surface area contributed by atoms with Crippen molar-refractivity contribution < 1.29 is 19.1 Å². The van der Waals surface area contributed by atoms with Crippen LogP contribution in [0.2, 0.25) is 0 Å². The molecule has 2 rings (SSSR count). The summed E-state index contributed by atoms with van der Waals surface area (Å²) in [6.07, 6.45) is 2.57. The molecule has 2 aromatic carbocycles. The SMILES string of the molecule is COC(=O)c1ccc(CC[C@H](C=O)SCc2ccc(OC)cc2)cc1. The normalized spacial score (nSPS) is 11.6. The first-order valence-corrected chi connectivity index (χ1v) is 9.08. The van der Waals surface area contributed by atoms with Crippen molar-refractivity contribution in [2.75, 3.05) is 14.2 Å². The number of thioether (sulfide) groups is 1. The molecule has 0 fully saturated rings. The predicted octanol–water partition coefficient (Wildman–Crippen LogP) is 3.92. The molecule has 0 radical (unpaired) electrons. The lowest BCUT2D eigenvalue weighted by atomic mass is 10.1. The van der Waals surface area contributed by atoms with Crippen molar-refractivity contribution in [1.82, 2.24) is 0 Å². The van der Waals surface area contributed by atoms with Gasteiger partial charge in [0.2, 0.25) is 0 Å². The van der Waals surface area contributed by atoms with Crippen molar-refractivity contribution in [3.8, 4) is 5.75 Å². The lowest BCUT2D eigenvalue weighted by Gasteiger charge is -2.11. The van der Waals surface area contributed by atoms with Crippen LogP contribution in [0.3, 0.4) is 0 Å². The average Bonchev–Trinajstić information content (AvgIpc) is 2.68. The monoisotopic (exact) mass is 358 g/mol. The first-order valence-electron chi connectivity index (χ1n) is 8.03. The van der Waals surface area contributed by atoms with Gasteiger partial charge in [0.05, 0.1) is 25.0 Å². The molecule has 4 nitrogen and oxygen atoms in total. The molecule has 132 valence electrons. The number of methoxy groups -OCH3 is 2. The number of carbonyl (C=O) groups excluding carboxylic acids is 2. The van der Waals surface area contributed by atoms with E-state index < -0.39 is 0 Å². The Morgan fingerprint density at radius 2 is 1.68 bits per heavy atom. The summed E-state index contributed by atoms with van der Waals surface area (Å²) in [5.41, 5.74) is 2.80. The van der Waals surface area contributed by atoms with E-state index in [1.165, 1.54) is 12.7 Å². The van der Waals surface area contributed by atoms with Crippen LogP contribution >= 0.6 is 11.8 Å². The van der Waals surface area contributed by atoms with E-state index in [2.05, 4.69) is 4.74 Å². The lowest BCUT2D eigenvalue weighted by molar-refractivity contribution is -0.107. The number of carbonyl (C=O) groups is 2. The molecule has 0 aliphatic rings. The van der Waals surface area contributed by atoms with Gasteiger partial charge in [-0.15, -0.1) is 11.8 Å². The second-order valence-electron chi connectivity index (χ2n) is 5.56. The van der Waals surface area contributed by atoms with Gasteiger partial charge in [0.25, 0.3) is 0 Å². The summed E-state index contributed by atoms with van der Waals surface area (Å²) < 4.78 is 9.83. The molecule has 0 aromatic heterocycles. The van der Waals surface area contributed by atoms with Crippen LogP contribution in [0.15, 0.2) is 48.5 Å². The van der Waals surface area contributed by atoms with Crippen LogP contribution in [0, 0.1) is 0 Å². The second-order valence-corrected chi connectivity index (χ2v) is 6.79. The molecule has 0 aliphatic carbocycles. The lowest BCUT2D eigenvalue weighted by Crippen LogP contribution is -2.07. The molecule has 0 spiro atoms. The van der Waals surface area contributed by atoms with Crippen molar-refractivity contribution >= 4 is 24.0 Å². The van der Waals surface area contributed by atoms with Crippen molar-refractivity contribution in [3.63, 3.8) is 0 Å². The van der Waals surface area contributed by atoms with E-state index in [0.717, 1.165) is 36.2 Å². The van der Waals surface area contributed by atoms with E-state index in [-0.39, 0.29) is 11.2 Å². The molecule has 0 bridgehead atoms. The number of aldehydes is 1. The highest BCUT2D eigenvalue weighted by molar-refractivity contribution is 7.99. The van der Waals surface area contributed by atoms with Crippen LogP contribution in [0.25, 0.3) is 0 Å². The van der Waals surface area contributed by atoms with E-state index in [1.807, 2.05) is 36.4 Å². The maximum Gasteiger partial charge on any atom is 0.337 e. The Morgan fingerprint density at radius 3 is 2.24 bits per heavy atom. The fourth-order valence-corrected chi connectivity index (χ4v) is 3.31. The van der Waals surface area contributed by atoms with Crippen LogP contribution < -0.4 is 4.74 Å². The number of hydrogen-bond donors (Lipinski definition) is 0. The number of esters is 1. The first kappa shape index (κ1) is 19.1. The van der Waals surface area contributed by atoms with Gasteiger partial charge in [-0.05, 0) is 48.2 Å². The average molecular weight is 358 g/mol. The number of rotatable bonds is 9. The molecule has 0 saturated carbocycles. The maximum atomic E-state index is 11.4. The third-order valence-corrected chi connectivity index (χ3v) is 5.14. The molecule has 0 saturated heterocycles. The Balaban J connectivity index is 1.82. The Bertz CT molecular complexity index is 680. The molecular formula is C20H22O4S. The summed E-state index contributed by atoms with van der Waals surface area (Å²) in [6.45, 7) is 0. The molecule has 0 aliphatic heterocycles. The molecule has 0 heterocycles. The summed E-state index contributed by atoms with van der Waals surface area (Å²) in [4.78, 5) is 22.7. The number of aryl methyl sites for hydroxylation is 1. The van der Waals surface area contributed by atoms with E-state index in [4.69, 9.17) is 4.74 Å². The van der Waals surface area contributed by atoms with Crippen LogP contribution in [-0.4, -0.2) is 31.7 Å². The zero-order chi connectivity index (χ0) is 18.1. The number of hydrogen-bond acceptors (Lipinski definition) is 5. The molecule has 0 amide bonds. The van der Waals surface area contributed by atoms with Crippen molar-refractivity contribution in [2.24, 2.45) is 0 Å². The van der Waals surface area contributed by atoms with Crippen LogP contribution in [-0.2, 0) is 21.7 Å². The molecule has 5 heteroatoms. The Morgan fingerprint density at radius 1 is 1.04 bits per heavy atom. The van der Waals surface area contributed by atoms with Crippen LogP contribution in [0.1, 0.15) is 27.9 Å². The van der Waals surface area contributed by atoms with E-state index in [0.29, 0.717) is 5.56 Å². The quantitative estimate of drug-likeness (QED) is 0.502. The molecule has 25 heavy (non-hydrogen) atoms. The molecular weight excluding hydrogens is 336 g/mol. The van der Waals surface area contributed by atoms with E-state index in [9.17, 15) is 9.59 Å². The maximum absolute atomic E-state index is 11.4. The van der Waals surface area contributed by atoms with Gasteiger partial charge in [0, 0.05) is 5.75 Å². The Kier molecular flexibility index (Phi) is 7.54. The van der Waals surface area contributed by atoms with Gasteiger partial charge in [-0.1, -0.05) is 24.3 Å². The minimum absolute atomic E-state index is 0.0533. The van der Waals surface area contributed by atoms with Crippen molar-refractivity contribution in [1.29, 1.82) is 0 Å². The molecule has 0 unspecified atom stereocenters. The number of benzene rings is 2. The van der Waals surface area contributed by atoms with Crippen LogP contribution in [0.5, 0.6) is 5.75 Å². The zero-order valence-corrected chi connectivity index (χ0v) is 15.3. The predicted molar refractivity (Wildman–Crippen MR) is 100 cm³/mol. The van der Waals surface area contributed by atoms with Gasteiger partial charge in [-0.3, -0.25) is 0 Å². The standard InChI is InChI=1S/C20H22O4S/c1-23-18-10-5-16(6-11-18)14-25-19(13-21)12-7-15-3-8-17(9-4-15)20(22)24-2/h3-6,8-11,13,19H,7,12,14H2,1-2H3/t19-/m1/s1. The van der Waals surface area contributed by atoms with Gasteiger partial charge in [0.15, 0.2) is 0 Å². The fraction of sp³-hybridized carbons (Fsp3) is 0.300. The van der Waals surface area contributed by atoms with Gasteiger partial charge in [-0.25, -0.2) is 4.79 Å². The third kappa shape index (κ3) is 5.94. The minimum atomic E-state index is -0.340. The smallest absolute Gasteiger partial charge is 0.337 e. The second kappa shape index (κ2) is 9.89. The van der Waals surface area contributed by atoms with Gasteiger partial charge < -0.3 is 14.3 Å². The minimum Gasteiger partial charge on any atom is -0.497 e. The van der Waals surface area contributed by atoms with Gasteiger partial charge in [0.1, 0.15) is 12.0 Å². The fourth-order valence-electron chi connectivity index (χ4n) is 2.35. The summed E-state index contributed by atoms with van der Waals surface area (Å²) in [5, 5.41) is -0.0533. The summed E-state index contributed by atoms with van der Waals surface area (Å²) in [5.74, 6) is 1.28. The number of ether oxygens (including phenoxy) is 2. The largest absolute Gasteiger partial charge is 0.497 e. The Labute approximate surface area is 152 Å². The van der Waals surface area contributed by atoms with E-state index >= 15 is 0 Å². The highest BCUT2D eigenvalue weighted by Crippen LogP contribution is 2.22. The zero-order valence-electron chi connectivity index (χ0n) is 14.4. The van der Waals surface area contributed by atoms with Gasteiger partial charge >= 0.3 is 5.97 Å². The topological polar surface area (TPSA) is 52.6 Å². The Hall–Kier alpha value is -2.27. The van der Waals surface area contributed by atoms with Gasteiger partial charge in [-0.2, -0.15) is 0 Å². The summed E-state index contributed by atoms with van der Waals surface area (Å²) in [7, 11) is 3.01.